The number of nitrogens with zero attached hydrogens (tertiary/aromatic N) is 1. The number of carboxylic acid groups (broad SMARTS) is 1. The predicted molar refractivity (Wildman–Crippen MR) is 77.1 cm³/mol. The van der Waals surface area contributed by atoms with Crippen LogP contribution in [0.15, 0.2) is 10.5 Å². The van der Waals surface area contributed by atoms with E-state index >= 15 is 0 Å². The van der Waals surface area contributed by atoms with E-state index in [2.05, 4.69) is 5.32 Å². The van der Waals surface area contributed by atoms with Gasteiger partial charge in [0.15, 0.2) is 0 Å². The standard InChI is InChI=1S/C15H22N2O4/c1-9-7-13(11(3)21-9)10(2)16-15(20)17-6-4-5-12(8-17)14(18)19/h7,10,12H,4-6,8H2,1-3H3,(H,16,20)(H,18,19)/t10?,12-/m0/s1. The third kappa shape index (κ3) is 3.56. The summed E-state index contributed by atoms with van der Waals surface area (Å²) in [6.45, 7) is 6.51. The van der Waals surface area contributed by atoms with Gasteiger partial charge in [0.2, 0.25) is 0 Å². The lowest BCUT2D eigenvalue weighted by atomic mass is 9.98. The zero-order valence-electron chi connectivity index (χ0n) is 12.7. The molecular formula is C15H22N2O4. The number of carbonyl (C=O) groups is 2. The molecule has 0 spiro atoms. The number of urea groups is 1. The van der Waals surface area contributed by atoms with Crippen LogP contribution in [0.25, 0.3) is 0 Å². The van der Waals surface area contributed by atoms with Gasteiger partial charge < -0.3 is 19.7 Å². The number of furan rings is 1. The summed E-state index contributed by atoms with van der Waals surface area (Å²) in [5.41, 5.74) is 0.952. The predicted octanol–water partition coefficient (Wildman–Crippen LogP) is 2.46. The molecule has 0 bridgehead atoms. The lowest BCUT2D eigenvalue weighted by Gasteiger charge is -2.31. The molecule has 2 rings (SSSR count). The minimum atomic E-state index is -0.832. The van der Waals surface area contributed by atoms with Crippen molar-refractivity contribution in [3.05, 3.63) is 23.2 Å². The minimum Gasteiger partial charge on any atom is -0.481 e. The van der Waals surface area contributed by atoms with Crippen LogP contribution in [-0.2, 0) is 4.79 Å². The summed E-state index contributed by atoms with van der Waals surface area (Å²) < 4.78 is 5.47. The molecule has 0 radical (unpaired) electrons. The highest BCUT2D eigenvalue weighted by Gasteiger charge is 2.29. The normalized spacial score (nSPS) is 20.1. The van der Waals surface area contributed by atoms with Crippen molar-refractivity contribution in [2.75, 3.05) is 13.1 Å². The average molecular weight is 294 g/mol. The second-order valence-electron chi connectivity index (χ2n) is 5.66. The maximum atomic E-state index is 12.3. The molecule has 21 heavy (non-hydrogen) atoms. The molecule has 116 valence electrons. The summed E-state index contributed by atoms with van der Waals surface area (Å²) in [5, 5.41) is 12.0. The highest BCUT2D eigenvalue weighted by atomic mass is 16.4. The Morgan fingerprint density at radius 3 is 2.76 bits per heavy atom. The van der Waals surface area contributed by atoms with E-state index in [-0.39, 0.29) is 18.6 Å². The largest absolute Gasteiger partial charge is 0.481 e. The van der Waals surface area contributed by atoms with Crippen molar-refractivity contribution < 1.29 is 19.1 Å². The molecule has 0 saturated carbocycles. The summed E-state index contributed by atoms with van der Waals surface area (Å²) in [6.07, 6.45) is 1.36. The van der Waals surface area contributed by atoms with E-state index in [4.69, 9.17) is 9.52 Å². The number of amides is 2. The second kappa shape index (κ2) is 6.20. The van der Waals surface area contributed by atoms with Crippen molar-refractivity contribution in [1.82, 2.24) is 10.2 Å². The van der Waals surface area contributed by atoms with Gasteiger partial charge in [-0.15, -0.1) is 0 Å². The van der Waals surface area contributed by atoms with Gasteiger partial charge in [-0.2, -0.15) is 0 Å². The second-order valence-corrected chi connectivity index (χ2v) is 5.66. The zero-order valence-corrected chi connectivity index (χ0v) is 12.7. The summed E-state index contributed by atoms with van der Waals surface area (Å²) >= 11 is 0. The first-order chi connectivity index (χ1) is 9.88. The third-order valence-corrected chi connectivity index (χ3v) is 3.94. The van der Waals surface area contributed by atoms with Crippen LogP contribution < -0.4 is 5.32 Å². The van der Waals surface area contributed by atoms with Crippen LogP contribution in [0.1, 0.15) is 42.9 Å². The van der Waals surface area contributed by atoms with Crippen molar-refractivity contribution in [3.8, 4) is 0 Å². The summed E-state index contributed by atoms with van der Waals surface area (Å²) in [5.74, 6) is 0.314. The highest BCUT2D eigenvalue weighted by Crippen LogP contribution is 2.22. The van der Waals surface area contributed by atoms with E-state index in [0.29, 0.717) is 13.0 Å². The monoisotopic (exact) mass is 294 g/mol. The number of hydrogen-bond acceptors (Lipinski definition) is 3. The molecule has 2 atom stereocenters. The van der Waals surface area contributed by atoms with Crippen LogP contribution in [-0.4, -0.2) is 35.1 Å². The van der Waals surface area contributed by atoms with Gasteiger partial charge in [-0.3, -0.25) is 4.79 Å². The number of aryl methyl sites for hydroxylation is 2. The van der Waals surface area contributed by atoms with Gasteiger partial charge in [0.05, 0.1) is 12.0 Å². The molecule has 6 heteroatoms. The maximum Gasteiger partial charge on any atom is 0.317 e. The van der Waals surface area contributed by atoms with Crippen molar-refractivity contribution in [3.63, 3.8) is 0 Å². The van der Waals surface area contributed by atoms with Gasteiger partial charge in [0, 0.05) is 18.7 Å². The van der Waals surface area contributed by atoms with Crippen LogP contribution in [0.4, 0.5) is 4.79 Å². The molecule has 1 fully saturated rings. The molecule has 1 aromatic heterocycles. The van der Waals surface area contributed by atoms with Crippen LogP contribution >= 0.6 is 0 Å². The molecule has 1 saturated heterocycles. The number of nitrogens with one attached hydrogen (secondary N) is 1. The quantitative estimate of drug-likeness (QED) is 0.897. The Morgan fingerprint density at radius 2 is 2.19 bits per heavy atom. The van der Waals surface area contributed by atoms with Crippen molar-refractivity contribution >= 4 is 12.0 Å². The first-order valence-corrected chi connectivity index (χ1v) is 7.23. The van der Waals surface area contributed by atoms with E-state index in [1.807, 2.05) is 26.8 Å². The summed E-state index contributed by atoms with van der Waals surface area (Å²) in [4.78, 5) is 24.9. The number of carbonyl (C=O) groups excluding carboxylic acids is 1. The van der Waals surface area contributed by atoms with E-state index in [1.165, 1.54) is 0 Å². The fourth-order valence-electron chi connectivity index (χ4n) is 2.80. The number of piperidine rings is 1. The first kappa shape index (κ1) is 15.4. The van der Waals surface area contributed by atoms with Gasteiger partial charge in [-0.1, -0.05) is 0 Å². The molecule has 1 aromatic rings. The van der Waals surface area contributed by atoms with Crippen LogP contribution in [0.2, 0.25) is 0 Å². The van der Waals surface area contributed by atoms with Gasteiger partial charge in [0.1, 0.15) is 11.5 Å². The zero-order chi connectivity index (χ0) is 15.6. The Labute approximate surface area is 124 Å². The number of carboxylic acids is 1. The minimum absolute atomic E-state index is 0.167. The van der Waals surface area contributed by atoms with Gasteiger partial charge >= 0.3 is 12.0 Å². The smallest absolute Gasteiger partial charge is 0.317 e. The molecule has 0 aromatic carbocycles. The van der Waals surface area contributed by atoms with Crippen molar-refractivity contribution in [2.24, 2.45) is 5.92 Å². The Hall–Kier alpha value is -1.98. The molecule has 2 heterocycles. The number of rotatable bonds is 3. The van der Waals surface area contributed by atoms with E-state index in [9.17, 15) is 9.59 Å². The third-order valence-electron chi connectivity index (χ3n) is 3.94. The van der Waals surface area contributed by atoms with Gasteiger partial charge in [0.25, 0.3) is 0 Å². The fourth-order valence-corrected chi connectivity index (χ4v) is 2.80. The van der Waals surface area contributed by atoms with Gasteiger partial charge in [-0.05, 0) is 39.7 Å². The Kier molecular flexibility index (Phi) is 4.55. The van der Waals surface area contributed by atoms with Crippen molar-refractivity contribution in [2.45, 2.75) is 39.7 Å². The van der Waals surface area contributed by atoms with Crippen LogP contribution in [0.3, 0.4) is 0 Å². The van der Waals surface area contributed by atoms with Crippen molar-refractivity contribution in [1.29, 1.82) is 0 Å². The molecule has 1 unspecified atom stereocenters. The molecule has 1 aliphatic heterocycles. The Bertz CT molecular complexity index is 538. The topological polar surface area (TPSA) is 82.8 Å². The molecule has 0 aliphatic carbocycles. The lowest BCUT2D eigenvalue weighted by Crippen LogP contribution is -2.47. The maximum absolute atomic E-state index is 12.3. The van der Waals surface area contributed by atoms with E-state index in [0.717, 1.165) is 23.5 Å². The number of aliphatic carboxylic acids is 1. The lowest BCUT2D eigenvalue weighted by molar-refractivity contribution is -0.143. The molecular weight excluding hydrogens is 272 g/mol. The Balaban J connectivity index is 1.97. The van der Waals surface area contributed by atoms with Crippen LogP contribution in [0.5, 0.6) is 0 Å². The first-order valence-electron chi connectivity index (χ1n) is 7.23. The van der Waals surface area contributed by atoms with E-state index in [1.54, 1.807) is 4.90 Å². The molecule has 2 N–H and O–H groups in total. The summed E-state index contributed by atoms with van der Waals surface area (Å²) in [6, 6.07) is 1.53. The van der Waals surface area contributed by atoms with E-state index < -0.39 is 11.9 Å². The molecule has 1 aliphatic rings. The molecule has 2 amide bonds. The molecule has 6 nitrogen and oxygen atoms in total. The van der Waals surface area contributed by atoms with Gasteiger partial charge in [-0.25, -0.2) is 4.79 Å². The van der Waals surface area contributed by atoms with Crippen LogP contribution in [0, 0.1) is 19.8 Å². The summed E-state index contributed by atoms with van der Waals surface area (Å²) in [7, 11) is 0. The fraction of sp³-hybridized carbons (Fsp3) is 0.600. The Morgan fingerprint density at radius 1 is 1.48 bits per heavy atom. The highest BCUT2D eigenvalue weighted by molar-refractivity contribution is 5.77. The average Bonchev–Trinajstić information content (AvgIpc) is 2.77. The number of hydrogen-bond donors (Lipinski definition) is 2. The number of likely N-dealkylation sites (tertiary alicyclic amines) is 1. The SMILES string of the molecule is Cc1cc(C(C)NC(=O)N2CCC[C@H](C(=O)O)C2)c(C)o1.